The normalized spacial score (nSPS) is 11.9. The fraction of sp³-hybridized carbons (Fsp3) is 0.440. The van der Waals surface area contributed by atoms with Gasteiger partial charge < -0.3 is 24.8 Å². The predicted octanol–water partition coefficient (Wildman–Crippen LogP) is 3.77. The number of amides is 3. The molecule has 0 radical (unpaired) electrons. The zero-order valence-electron chi connectivity index (χ0n) is 20.5. The van der Waals surface area contributed by atoms with Gasteiger partial charge in [-0.3, -0.25) is 14.4 Å². The van der Waals surface area contributed by atoms with Gasteiger partial charge in [-0.05, 0) is 44.9 Å². The van der Waals surface area contributed by atoms with Crippen molar-refractivity contribution in [3.63, 3.8) is 0 Å². The van der Waals surface area contributed by atoms with E-state index in [1.54, 1.807) is 50.4 Å². The van der Waals surface area contributed by atoms with E-state index in [9.17, 15) is 14.4 Å². The van der Waals surface area contributed by atoms with E-state index < -0.39 is 11.6 Å². The topological polar surface area (TPSA) is 114 Å². The van der Waals surface area contributed by atoms with Crippen LogP contribution in [-0.4, -0.2) is 47.0 Å². The molecule has 0 aliphatic carbocycles. The summed E-state index contributed by atoms with van der Waals surface area (Å²) in [4.78, 5) is 40.4. The molecule has 1 unspecified atom stereocenters. The van der Waals surface area contributed by atoms with Gasteiger partial charge in [0.25, 0.3) is 0 Å². The van der Waals surface area contributed by atoms with Crippen LogP contribution in [0, 0.1) is 6.92 Å². The molecule has 0 aliphatic heterocycles. The van der Waals surface area contributed by atoms with Crippen LogP contribution in [0.3, 0.4) is 0 Å². The monoisotopic (exact) mass is 470 g/mol. The second-order valence-corrected chi connectivity index (χ2v) is 8.61. The first-order chi connectivity index (χ1) is 16.1. The minimum atomic E-state index is -0.900. The molecule has 0 saturated carbocycles. The molecule has 0 saturated heterocycles. The average molecular weight is 471 g/mol. The lowest BCUT2D eigenvalue weighted by molar-refractivity contribution is -0.141. The van der Waals surface area contributed by atoms with E-state index in [1.165, 1.54) is 4.90 Å². The van der Waals surface area contributed by atoms with E-state index in [-0.39, 0.29) is 42.9 Å². The molecule has 34 heavy (non-hydrogen) atoms. The Balaban J connectivity index is 2.24. The van der Waals surface area contributed by atoms with Gasteiger partial charge in [0, 0.05) is 31.0 Å². The third-order valence-electron chi connectivity index (χ3n) is 5.44. The van der Waals surface area contributed by atoms with Gasteiger partial charge in [0.2, 0.25) is 17.7 Å². The molecule has 1 aromatic heterocycles. The Kier molecular flexibility index (Phi) is 9.41. The minimum absolute atomic E-state index is 0.0736. The highest BCUT2D eigenvalue weighted by Gasteiger charge is 2.33. The maximum atomic E-state index is 13.4. The molecule has 0 aliphatic rings. The fourth-order valence-electron chi connectivity index (χ4n) is 3.23. The summed E-state index contributed by atoms with van der Waals surface area (Å²) in [6.45, 7) is 11.4. The number of benzene rings is 1. The number of aromatic nitrogens is 1. The Hall–Kier alpha value is -3.62. The summed E-state index contributed by atoms with van der Waals surface area (Å²) in [5, 5.41) is 9.34. The summed E-state index contributed by atoms with van der Waals surface area (Å²) >= 11 is 0. The van der Waals surface area contributed by atoms with Crippen molar-refractivity contribution in [2.24, 2.45) is 0 Å². The summed E-state index contributed by atoms with van der Waals surface area (Å²) in [5.41, 5.74) is 0.170. The molecule has 9 heteroatoms. The Morgan fingerprint density at radius 1 is 1.24 bits per heavy atom. The van der Waals surface area contributed by atoms with E-state index in [0.717, 1.165) is 0 Å². The number of anilines is 1. The van der Waals surface area contributed by atoms with Gasteiger partial charge in [-0.15, -0.1) is 6.58 Å². The van der Waals surface area contributed by atoms with E-state index in [1.807, 2.05) is 20.8 Å². The van der Waals surface area contributed by atoms with Crippen LogP contribution in [-0.2, 0) is 14.4 Å². The molecule has 2 N–H and O–H groups in total. The highest BCUT2D eigenvalue weighted by Crippen LogP contribution is 2.26. The van der Waals surface area contributed by atoms with Crippen molar-refractivity contribution in [1.82, 2.24) is 15.4 Å². The van der Waals surface area contributed by atoms with Crippen LogP contribution in [0.1, 0.15) is 57.4 Å². The maximum absolute atomic E-state index is 13.4. The van der Waals surface area contributed by atoms with Crippen molar-refractivity contribution in [3.8, 4) is 5.75 Å². The lowest BCUT2D eigenvalue weighted by Crippen LogP contribution is -2.50. The standard InChI is InChI=1S/C25H34N4O5/c1-7-15-29(22(31)14-13-21(30)26-20-16-17(3)34-28-20)23(24(32)27-25(4,5)8-2)18-9-11-19(33-6)12-10-18/h7,9-12,16,23H,1,8,13-15H2,2-6H3,(H,27,32)(H,26,28,30). The van der Waals surface area contributed by atoms with Crippen molar-refractivity contribution in [2.45, 2.75) is 58.5 Å². The van der Waals surface area contributed by atoms with Crippen LogP contribution in [0.5, 0.6) is 5.75 Å². The molecule has 1 atom stereocenters. The van der Waals surface area contributed by atoms with Crippen molar-refractivity contribution in [3.05, 3.63) is 54.3 Å². The van der Waals surface area contributed by atoms with Crippen molar-refractivity contribution < 1.29 is 23.6 Å². The third kappa shape index (κ3) is 7.47. The number of methoxy groups -OCH3 is 1. The molecule has 2 rings (SSSR count). The first-order valence-electron chi connectivity index (χ1n) is 11.2. The minimum Gasteiger partial charge on any atom is -0.497 e. The van der Waals surface area contributed by atoms with Crippen LogP contribution >= 0.6 is 0 Å². The number of rotatable bonds is 12. The second kappa shape index (κ2) is 12.0. The van der Waals surface area contributed by atoms with Gasteiger partial charge in [0.15, 0.2) is 5.82 Å². The number of carbonyl (C=O) groups excluding carboxylic acids is 3. The molecule has 184 valence electrons. The first kappa shape index (κ1) is 26.6. The smallest absolute Gasteiger partial charge is 0.247 e. The Labute approximate surface area is 200 Å². The maximum Gasteiger partial charge on any atom is 0.247 e. The van der Waals surface area contributed by atoms with Gasteiger partial charge >= 0.3 is 0 Å². The second-order valence-electron chi connectivity index (χ2n) is 8.61. The SMILES string of the molecule is C=CCN(C(=O)CCC(=O)Nc1cc(C)on1)C(C(=O)NC(C)(C)CC)c1ccc(OC)cc1. The number of ether oxygens (including phenoxy) is 1. The van der Waals surface area contributed by atoms with Crippen LogP contribution in [0.2, 0.25) is 0 Å². The number of nitrogens with zero attached hydrogens (tertiary/aromatic N) is 2. The lowest BCUT2D eigenvalue weighted by Gasteiger charge is -2.34. The molecule has 1 aromatic carbocycles. The zero-order chi connectivity index (χ0) is 25.3. The molecule has 0 fully saturated rings. The Morgan fingerprint density at radius 2 is 1.91 bits per heavy atom. The van der Waals surface area contributed by atoms with Gasteiger partial charge in [-0.1, -0.05) is 30.3 Å². The van der Waals surface area contributed by atoms with E-state index in [0.29, 0.717) is 23.5 Å². The lowest BCUT2D eigenvalue weighted by atomic mass is 9.98. The molecule has 2 aromatic rings. The fourth-order valence-corrected chi connectivity index (χ4v) is 3.23. The zero-order valence-corrected chi connectivity index (χ0v) is 20.5. The average Bonchev–Trinajstić information content (AvgIpc) is 3.21. The van der Waals surface area contributed by atoms with Gasteiger partial charge in [-0.25, -0.2) is 0 Å². The van der Waals surface area contributed by atoms with E-state index in [2.05, 4.69) is 22.4 Å². The molecule has 9 nitrogen and oxygen atoms in total. The molecule has 1 heterocycles. The van der Waals surface area contributed by atoms with Crippen LogP contribution < -0.4 is 15.4 Å². The van der Waals surface area contributed by atoms with Crippen LogP contribution in [0.4, 0.5) is 5.82 Å². The van der Waals surface area contributed by atoms with Crippen molar-refractivity contribution >= 4 is 23.5 Å². The third-order valence-corrected chi connectivity index (χ3v) is 5.44. The number of nitrogens with one attached hydrogen (secondary N) is 2. The molecule has 3 amide bonds. The molecular weight excluding hydrogens is 436 g/mol. The first-order valence-corrected chi connectivity index (χ1v) is 11.2. The number of hydrogen-bond donors (Lipinski definition) is 2. The number of carbonyl (C=O) groups is 3. The summed E-state index contributed by atoms with van der Waals surface area (Å²) in [6, 6.07) is 7.68. The van der Waals surface area contributed by atoms with Gasteiger partial charge in [0.05, 0.1) is 7.11 Å². The van der Waals surface area contributed by atoms with Gasteiger partial charge in [0.1, 0.15) is 17.6 Å². The van der Waals surface area contributed by atoms with Crippen LogP contribution in [0.15, 0.2) is 47.5 Å². The Morgan fingerprint density at radius 3 is 2.44 bits per heavy atom. The highest BCUT2D eigenvalue weighted by atomic mass is 16.5. The van der Waals surface area contributed by atoms with E-state index in [4.69, 9.17) is 9.26 Å². The quantitative estimate of drug-likeness (QED) is 0.457. The summed E-state index contributed by atoms with van der Waals surface area (Å²) < 4.78 is 10.2. The van der Waals surface area contributed by atoms with Gasteiger partial charge in [-0.2, -0.15) is 0 Å². The highest BCUT2D eigenvalue weighted by molar-refractivity contribution is 5.94. The molecule has 0 spiro atoms. The Bertz CT molecular complexity index is 997. The largest absolute Gasteiger partial charge is 0.497 e. The number of hydrogen-bond acceptors (Lipinski definition) is 6. The molecule has 0 bridgehead atoms. The summed E-state index contributed by atoms with van der Waals surface area (Å²) in [7, 11) is 1.56. The van der Waals surface area contributed by atoms with Crippen LogP contribution in [0.25, 0.3) is 0 Å². The molecular formula is C25H34N4O5. The summed E-state index contributed by atoms with van der Waals surface area (Å²) in [5.74, 6) is 0.449. The van der Waals surface area contributed by atoms with E-state index >= 15 is 0 Å². The summed E-state index contributed by atoms with van der Waals surface area (Å²) in [6.07, 6.45) is 2.11. The number of aryl methyl sites for hydroxylation is 1. The van der Waals surface area contributed by atoms with Crippen molar-refractivity contribution in [2.75, 3.05) is 19.0 Å². The predicted molar refractivity (Wildman–Crippen MR) is 129 cm³/mol. The van der Waals surface area contributed by atoms with Crippen molar-refractivity contribution in [1.29, 1.82) is 0 Å².